The van der Waals surface area contributed by atoms with Gasteiger partial charge in [-0.05, 0) is 49.6 Å². The molecule has 0 aliphatic heterocycles. The van der Waals surface area contributed by atoms with Crippen LogP contribution in [-0.2, 0) is 11.2 Å². The lowest BCUT2D eigenvalue weighted by Crippen LogP contribution is -2.11. The van der Waals surface area contributed by atoms with Crippen LogP contribution in [0.2, 0.25) is 0 Å². The number of aryl methyl sites for hydroxylation is 2. The molecule has 0 unspecified atom stereocenters. The minimum atomic E-state index is 0.0626. The Morgan fingerprint density at radius 1 is 1.22 bits per heavy atom. The van der Waals surface area contributed by atoms with E-state index in [9.17, 15) is 4.79 Å². The molecule has 0 bridgehead atoms. The van der Waals surface area contributed by atoms with E-state index in [0.29, 0.717) is 6.42 Å². The van der Waals surface area contributed by atoms with E-state index in [4.69, 9.17) is 0 Å². The van der Waals surface area contributed by atoms with Gasteiger partial charge in [-0.2, -0.15) is 0 Å². The van der Waals surface area contributed by atoms with Crippen molar-refractivity contribution in [1.29, 1.82) is 0 Å². The van der Waals surface area contributed by atoms with E-state index in [1.807, 2.05) is 24.3 Å². The zero-order valence-corrected chi connectivity index (χ0v) is 13.8. The van der Waals surface area contributed by atoms with Crippen LogP contribution in [0.3, 0.4) is 0 Å². The Morgan fingerprint density at radius 3 is 2.70 bits per heavy atom. The molecule has 5 heteroatoms. The first-order valence-corrected chi connectivity index (χ1v) is 8.46. The summed E-state index contributed by atoms with van der Waals surface area (Å²) in [5.41, 5.74) is 2.84. The first-order chi connectivity index (χ1) is 11.2. The summed E-state index contributed by atoms with van der Waals surface area (Å²) in [4.78, 5) is 21.7. The highest BCUT2D eigenvalue weighted by atomic mass is 32.1. The zero-order valence-electron chi connectivity index (χ0n) is 13.0. The third kappa shape index (κ3) is 4.29. The fraction of sp³-hybridized carbons (Fsp3) is 0.222. The number of H-pyrrole nitrogens is 1. The smallest absolute Gasteiger partial charge is 0.224 e. The summed E-state index contributed by atoms with van der Waals surface area (Å²) >= 11 is 1.80. The molecule has 2 aromatic heterocycles. The van der Waals surface area contributed by atoms with Crippen molar-refractivity contribution in [2.75, 3.05) is 5.32 Å². The quantitative estimate of drug-likeness (QED) is 0.705. The molecule has 0 atom stereocenters. The standard InChI is InChI=1S/C18H19N3OS/c1-13-5-10-16(23-13)3-2-4-18(22)21-15-8-6-14(7-9-15)17-11-19-12-20-17/h5-12H,2-4H2,1H3,(H,19,20)(H,21,22). The van der Waals surface area contributed by atoms with Crippen molar-refractivity contribution in [3.8, 4) is 11.3 Å². The number of amides is 1. The lowest BCUT2D eigenvalue weighted by Gasteiger charge is -2.06. The summed E-state index contributed by atoms with van der Waals surface area (Å²) in [6.45, 7) is 2.10. The van der Waals surface area contributed by atoms with Crippen LogP contribution in [0.25, 0.3) is 11.3 Å². The van der Waals surface area contributed by atoms with E-state index in [1.54, 1.807) is 23.9 Å². The van der Waals surface area contributed by atoms with E-state index >= 15 is 0 Å². The number of aromatic amines is 1. The van der Waals surface area contributed by atoms with Gasteiger partial charge in [-0.25, -0.2) is 4.98 Å². The zero-order chi connectivity index (χ0) is 16.1. The molecule has 0 aliphatic rings. The Bertz CT molecular complexity index is 760. The monoisotopic (exact) mass is 325 g/mol. The Morgan fingerprint density at radius 2 is 2.04 bits per heavy atom. The van der Waals surface area contributed by atoms with Gasteiger partial charge in [0.05, 0.1) is 18.2 Å². The van der Waals surface area contributed by atoms with Crippen LogP contribution >= 0.6 is 11.3 Å². The van der Waals surface area contributed by atoms with E-state index in [1.165, 1.54) is 9.75 Å². The molecular weight excluding hydrogens is 306 g/mol. The van der Waals surface area contributed by atoms with Gasteiger partial charge >= 0.3 is 0 Å². The molecule has 2 N–H and O–H groups in total. The normalized spacial score (nSPS) is 10.7. The second-order valence-electron chi connectivity index (χ2n) is 5.46. The van der Waals surface area contributed by atoms with Gasteiger partial charge in [0.25, 0.3) is 0 Å². The number of thiophene rings is 1. The van der Waals surface area contributed by atoms with Gasteiger partial charge in [0, 0.05) is 21.9 Å². The fourth-order valence-electron chi connectivity index (χ4n) is 2.41. The maximum Gasteiger partial charge on any atom is 0.224 e. The van der Waals surface area contributed by atoms with E-state index in [2.05, 4.69) is 34.3 Å². The molecule has 0 aliphatic carbocycles. The van der Waals surface area contributed by atoms with E-state index < -0.39 is 0 Å². The van der Waals surface area contributed by atoms with Crippen LogP contribution in [0.1, 0.15) is 22.6 Å². The number of carbonyl (C=O) groups excluding carboxylic acids is 1. The van der Waals surface area contributed by atoms with E-state index in [-0.39, 0.29) is 5.91 Å². The summed E-state index contributed by atoms with van der Waals surface area (Å²) in [5, 5.41) is 2.94. The molecule has 4 nitrogen and oxygen atoms in total. The molecule has 1 amide bonds. The predicted molar refractivity (Wildman–Crippen MR) is 94.6 cm³/mol. The number of hydrogen-bond acceptors (Lipinski definition) is 3. The molecule has 0 spiro atoms. The first-order valence-electron chi connectivity index (χ1n) is 7.65. The maximum absolute atomic E-state index is 12.0. The molecule has 0 fully saturated rings. The van der Waals surface area contributed by atoms with Crippen LogP contribution in [0.5, 0.6) is 0 Å². The van der Waals surface area contributed by atoms with Crippen molar-refractivity contribution in [1.82, 2.24) is 9.97 Å². The number of carbonyl (C=O) groups is 1. The van der Waals surface area contributed by atoms with Crippen molar-refractivity contribution in [3.63, 3.8) is 0 Å². The van der Waals surface area contributed by atoms with Gasteiger partial charge in [0.1, 0.15) is 0 Å². The molecule has 23 heavy (non-hydrogen) atoms. The fourth-order valence-corrected chi connectivity index (χ4v) is 3.35. The van der Waals surface area contributed by atoms with Crippen molar-refractivity contribution in [2.45, 2.75) is 26.2 Å². The highest BCUT2D eigenvalue weighted by molar-refractivity contribution is 7.11. The third-order valence-corrected chi connectivity index (χ3v) is 4.66. The van der Waals surface area contributed by atoms with Crippen LogP contribution in [0.15, 0.2) is 48.9 Å². The SMILES string of the molecule is Cc1ccc(CCCC(=O)Nc2ccc(-c3cnc[nH]3)cc2)s1. The van der Waals surface area contributed by atoms with Crippen LogP contribution in [0.4, 0.5) is 5.69 Å². The predicted octanol–water partition coefficient (Wildman–Crippen LogP) is 4.41. The second kappa shape index (κ2) is 7.24. The number of nitrogens with one attached hydrogen (secondary N) is 2. The molecule has 3 aromatic rings. The lowest BCUT2D eigenvalue weighted by atomic mass is 10.1. The third-order valence-electron chi connectivity index (χ3n) is 3.60. The molecule has 0 radical (unpaired) electrons. The van der Waals surface area contributed by atoms with Crippen LogP contribution in [0, 0.1) is 6.92 Å². The summed E-state index contributed by atoms with van der Waals surface area (Å²) in [6.07, 6.45) is 5.81. The number of aromatic nitrogens is 2. The molecule has 0 saturated heterocycles. The number of nitrogens with zero attached hydrogens (tertiary/aromatic N) is 1. The van der Waals surface area contributed by atoms with Crippen LogP contribution < -0.4 is 5.32 Å². The highest BCUT2D eigenvalue weighted by Crippen LogP contribution is 2.20. The van der Waals surface area contributed by atoms with Gasteiger partial charge in [-0.15, -0.1) is 11.3 Å². The lowest BCUT2D eigenvalue weighted by molar-refractivity contribution is -0.116. The Labute approximate surface area is 139 Å². The second-order valence-corrected chi connectivity index (χ2v) is 6.83. The first kappa shape index (κ1) is 15.5. The number of benzene rings is 1. The van der Waals surface area contributed by atoms with Gasteiger partial charge < -0.3 is 10.3 Å². The molecule has 3 rings (SSSR count). The number of hydrogen-bond donors (Lipinski definition) is 2. The number of rotatable bonds is 6. The summed E-state index contributed by atoms with van der Waals surface area (Å²) in [6, 6.07) is 12.0. The van der Waals surface area contributed by atoms with Gasteiger partial charge in [0.2, 0.25) is 5.91 Å². The minimum absolute atomic E-state index is 0.0626. The number of anilines is 1. The van der Waals surface area contributed by atoms with Crippen molar-refractivity contribution >= 4 is 22.9 Å². The van der Waals surface area contributed by atoms with Crippen molar-refractivity contribution in [3.05, 3.63) is 58.7 Å². The molecule has 118 valence electrons. The van der Waals surface area contributed by atoms with Gasteiger partial charge in [-0.1, -0.05) is 12.1 Å². The minimum Gasteiger partial charge on any atom is -0.345 e. The number of imidazole rings is 1. The molecule has 0 saturated carbocycles. The van der Waals surface area contributed by atoms with E-state index in [0.717, 1.165) is 29.8 Å². The average molecular weight is 325 g/mol. The molecule has 1 aromatic carbocycles. The molecule has 2 heterocycles. The summed E-state index contributed by atoms with van der Waals surface area (Å²) < 4.78 is 0. The van der Waals surface area contributed by atoms with Gasteiger partial charge in [0.15, 0.2) is 0 Å². The highest BCUT2D eigenvalue weighted by Gasteiger charge is 2.05. The average Bonchev–Trinajstić information content (AvgIpc) is 3.20. The summed E-state index contributed by atoms with van der Waals surface area (Å²) in [7, 11) is 0. The Kier molecular flexibility index (Phi) is 4.88. The largest absolute Gasteiger partial charge is 0.345 e. The van der Waals surface area contributed by atoms with Crippen molar-refractivity contribution in [2.24, 2.45) is 0 Å². The Hall–Kier alpha value is -2.40. The maximum atomic E-state index is 12.0. The van der Waals surface area contributed by atoms with Gasteiger partial charge in [-0.3, -0.25) is 4.79 Å². The van der Waals surface area contributed by atoms with Crippen LogP contribution in [-0.4, -0.2) is 15.9 Å². The Balaban J connectivity index is 1.48. The molecular formula is C18H19N3OS. The topological polar surface area (TPSA) is 57.8 Å². The van der Waals surface area contributed by atoms with Crippen molar-refractivity contribution < 1.29 is 4.79 Å². The summed E-state index contributed by atoms with van der Waals surface area (Å²) in [5.74, 6) is 0.0626.